The van der Waals surface area contributed by atoms with E-state index in [0.29, 0.717) is 6.61 Å². The summed E-state index contributed by atoms with van der Waals surface area (Å²) < 4.78 is 59.1. The van der Waals surface area contributed by atoms with Crippen molar-refractivity contribution in [3.05, 3.63) is 71.9 Å². The average molecular weight is 507 g/mol. The van der Waals surface area contributed by atoms with Crippen LogP contribution in [-0.4, -0.2) is 57.5 Å². The summed E-state index contributed by atoms with van der Waals surface area (Å²) in [6, 6.07) is 14.9. The number of carboxylic acids is 1. The van der Waals surface area contributed by atoms with Crippen LogP contribution >= 0.6 is 0 Å². The van der Waals surface area contributed by atoms with E-state index in [2.05, 4.69) is 26.6 Å². The van der Waals surface area contributed by atoms with Crippen LogP contribution < -0.4 is 4.74 Å². The smallest absolute Gasteiger partial charge is 0.490 e. The van der Waals surface area contributed by atoms with Gasteiger partial charge in [-0.1, -0.05) is 12.1 Å². The monoisotopic (exact) mass is 507 g/mol. The first-order chi connectivity index (χ1) is 17.1. The van der Waals surface area contributed by atoms with Crippen LogP contribution in [0.1, 0.15) is 17.8 Å². The third-order valence-electron chi connectivity index (χ3n) is 6.21. The Bertz CT molecular complexity index is 1210. The van der Waals surface area contributed by atoms with Crippen LogP contribution in [0.3, 0.4) is 0 Å². The quantitative estimate of drug-likeness (QED) is 0.524. The Morgan fingerprint density at radius 1 is 1.19 bits per heavy atom. The number of carbonyl (C=O) groups is 1. The number of benzene rings is 2. The molecule has 1 unspecified atom stereocenters. The van der Waals surface area contributed by atoms with Gasteiger partial charge in [0.15, 0.2) is 0 Å². The normalized spacial score (nSPS) is 19.5. The molecule has 2 aromatic carbocycles. The van der Waals surface area contributed by atoms with Gasteiger partial charge < -0.3 is 19.1 Å². The van der Waals surface area contributed by atoms with Crippen LogP contribution in [0.2, 0.25) is 0 Å². The average Bonchev–Trinajstić information content (AvgIpc) is 3.43. The van der Waals surface area contributed by atoms with Gasteiger partial charge in [-0.3, -0.25) is 4.90 Å². The number of aliphatic carboxylic acids is 1. The highest BCUT2D eigenvalue weighted by molar-refractivity contribution is 5.73. The minimum absolute atomic E-state index is 0.183. The Balaban J connectivity index is 0.000000384. The Labute approximate surface area is 204 Å². The number of rotatable bonds is 4. The summed E-state index contributed by atoms with van der Waals surface area (Å²) in [5.74, 6) is -1.13. The second-order valence-electron chi connectivity index (χ2n) is 8.74. The molecule has 2 aliphatic heterocycles. The number of halogens is 4. The number of aromatic nitrogens is 2. The predicted octanol–water partition coefficient (Wildman–Crippen LogP) is 4.51. The van der Waals surface area contributed by atoms with Gasteiger partial charge in [-0.2, -0.15) is 13.2 Å². The molecule has 2 aliphatic rings. The first-order valence-corrected chi connectivity index (χ1v) is 11.2. The maximum absolute atomic E-state index is 13.5. The van der Waals surface area contributed by atoms with Gasteiger partial charge in [0.05, 0.1) is 25.5 Å². The van der Waals surface area contributed by atoms with Crippen LogP contribution in [0.4, 0.5) is 17.6 Å². The summed E-state index contributed by atoms with van der Waals surface area (Å²) in [5.41, 5.74) is 3.01. The number of nitrogens with zero attached hydrogens (tertiary/aromatic N) is 3. The lowest BCUT2D eigenvalue weighted by atomic mass is 10.0. The van der Waals surface area contributed by atoms with Crippen LogP contribution in [0.25, 0.3) is 11.3 Å². The molecule has 1 N–H and O–H groups in total. The van der Waals surface area contributed by atoms with Crippen molar-refractivity contribution in [2.24, 2.45) is 0 Å². The molecule has 1 fully saturated rings. The fourth-order valence-electron chi connectivity index (χ4n) is 4.45. The van der Waals surface area contributed by atoms with Crippen LogP contribution in [0, 0.1) is 5.82 Å². The topological polar surface area (TPSA) is 76.8 Å². The minimum Gasteiger partial charge on any atom is -0.497 e. The molecule has 0 aliphatic carbocycles. The molecule has 1 saturated heterocycles. The first-order valence-electron chi connectivity index (χ1n) is 11.2. The maximum Gasteiger partial charge on any atom is 0.490 e. The van der Waals surface area contributed by atoms with E-state index in [1.54, 1.807) is 19.2 Å². The van der Waals surface area contributed by atoms with Gasteiger partial charge in [0, 0.05) is 25.2 Å². The lowest BCUT2D eigenvalue weighted by Crippen LogP contribution is -2.44. The number of methoxy groups -OCH3 is 1. The van der Waals surface area contributed by atoms with E-state index in [1.807, 2.05) is 24.4 Å². The second kappa shape index (κ2) is 10.3. The number of hydrogen-bond acceptors (Lipinski definition) is 5. The highest BCUT2D eigenvalue weighted by Crippen LogP contribution is 2.36. The number of fused-ring (bicyclic) bond motifs is 1. The third-order valence-corrected chi connectivity index (χ3v) is 6.21. The van der Waals surface area contributed by atoms with Gasteiger partial charge in [0.1, 0.15) is 29.6 Å². The van der Waals surface area contributed by atoms with Crippen molar-refractivity contribution >= 4 is 5.97 Å². The lowest BCUT2D eigenvalue weighted by Gasteiger charge is -2.35. The molecule has 1 spiro atoms. The zero-order chi connectivity index (χ0) is 25.9. The fourth-order valence-corrected chi connectivity index (χ4v) is 4.45. The molecule has 1 atom stereocenters. The number of carboxylic acid groups (broad SMARTS) is 1. The molecule has 7 nitrogen and oxygen atoms in total. The molecule has 3 aromatic rings. The first kappa shape index (κ1) is 25.6. The molecule has 0 radical (unpaired) electrons. The highest BCUT2D eigenvalue weighted by atomic mass is 19.4. The van der Waals surface area contributed by atoms with Gasteiger partial charge in [-0.05, 0) is 48.4 Å². The maximum atomic E-state index is 13.5. The van der Waals surface area contributed by atoms with Gasteiger partial charge in [0.25, 0.3) is 0 Å². The molecular formula is C25H25F4N3O4. The van der Waals surface area contributed by atoms with Crippen molar-refractivity contribution in [2.75, 3.05) is 20.2 Å². The Morgan fingerprint density at radius 3 is 2.56 bits per heavy atom. The van der Waals surface area contributed by atoms with Crippen molar-refractivity contribution in [1.29, 1.82) is 0 Å². The Morgan fingerprint density at radius 2 is 1.92 bits per heavy atom. The van der Waals surface area contributed by atoms with Crippen molar-refractivity contribution in [1.82, 2.24) is 14.5 Å². The van der Waals surface area contributed by atoms with Crippen LogP contribution in [0.15, 0.2) is 54.7 Å². The van der Waals surface area contributed by atoms with E-state index >= 15 is 0 Å². The summed E-state index contributed by atoms with van der Waals surface area (Å²) in [6.07, 6.45) is -2.19. The molecule has 5 rings (SSSR count). The van der Waals surface area contributed by atoms with Gasteiger partial charge in [-0.15, -0.1) is 0 Å². The number of ether oxygens (including phenoxy) is 2. The van der Waals surface area contributed by atoms with Gasteiger partial charge >= 0.3 is 12.1 Å². The summed E-state index contributed by atoms with van der Waals surface area (Å²) in [4.78, 5) is 15.8. The molecule has 192 valence electrons. The predicted molar refractivity (Wildman–Crippen MR) is 122 cm³/mol. The molecule has 1 aromatic heterocycles. The van der Waals surface area contributed by atoms with Crippen LogP contribution in [0.5, 0.6) is 5.75 Å². The lowest BCUT2D eigenvalue weighted by molar-refractivity contribution is -0.192. The summed E-state index contributed by atoms with van der Waals surface area (Å²) in [6.45, 7) is 3.82. The number of imidazole rings is 1. The molecule has 3 heterocycles. The van der Waals surface area contributed by atoms with Crippen molar-refractivity contribution in [2.45, 2.75) is 37.9 Å². The van der Waals surface area contributed by atoms with E-state index in [0.717, 1.165) is 61.0 Å². The summed E-state index contributed by atoms with van der Waals surface area (Å²) in [7, 11) is 1.67. The van der Waals surface area contributed by atoms with E-state index < -0.39 is 12.1 Å². The molecular weight excluding hydrogens is 482 g/mol. The van der Waals surface area contributed by atoms with E-state index in [4.69, 9.17) is 19.4 Å². The zero-order valence-electron chi connectivity index (χ0n) is 19.5. The minimum atomic E-state index is -5.08. The van der Waals surface area contributed by atoms with Crippen molar-refractivity contribution in [3.8, 4) is 17.0 Å². The Hall–Kier alpha value is -3.44. The largest absolute Gasteiger partial charge is 0.497 e. The number of likely N-dealkylation sites (tertiary alicyclic amines) is 1. The van der Waals surface area contributed by atoms with E-state index in [9.17, 15) is 17.6 Å². The summed E-state index contributed by atoms with van der Waals surface area (Å²) in [5, 5.41) is 7.12. The second-order valence-corrected chi connectivity index (χ2v) is 8.74. The standard InChI is InChI=1S/C23H24FN3O2.C2HF3O2/c1-28-20-7-5-18(6-8-20)21-12-25-22-14-29-23(16-27(21)22)9-10-26(15-23)13-17-3-2-4-19(24)11-17;3-2(4,5)1(6)7/h2-8,11-12H,9-10,13-16H2,1H3;(H,6,7). The van der Waals surface area contributed by atoms with Crippen molar-refractivity contribution < 1.29 is 36.9 Å². The summed E-state index contributed by atoms with van der Waals surface area (Å²) >= 11 is 0. The molecule has 36 heavy (non-hydrogen) atoms. The number of alkyl halides is 3. The van der Waals surface area contributed by atoms with E-state index in [1.165, 1.54) is 6.07 Å². The number of hydrogen-bond donors (Lipinski definition) is 1. The SMILES string of the molecule is COc1ccc(-c2cnc3n2CC2(CCN(Cc4cccc(F)c4)C2)OC3)cc1.O=C(O)C(F)(F)F. The molecule has 0 saturated carbocycles. The fraction of sp³-hybridized carbons (Fsp3) is 0.360. The van der Waals surface area contributed by atoms with Crippen LogP contribution in [-0.2, 0) is 29.2 Å². The Kier molecular flexibility index (Phi) is 7.32. The van der Waals surface area contributed by atoms with Gasteiger partial charge in [0.2, 0.25) is 0 Å². The van der Waals surface area contributed by atoms with Crippen molar-refractivity contribution in [3.63, 3.8) is 0 Å². The molecule has 11 heteroatoms. The highest BCUT2D eigenvalue weighted by Gasteiger charge is 2.43. The van der Waals surface area contributed by atoms with Gasteiger partial charge in [-0.25, -0.2) is 14.2 Å². The zero-order valence-corrected chi connectivity index (χ0v) is 19.5. The molecule has 0 amide bonds. The van der Waals surface area contributed by atoms with E-state index in [-0.39, 0.29) is 11.4 Å². The third kappa shape index (κ3) is 5.85. The molecule has 0 bridgehead atoms.